The van der Waals surface area contributed by atoms with E-state index in [2.05, 4.69) is 56.4 Å². The number of rotatable bonds is 5. The number of carbonyl (C=O) groups is 1. The summed E-state index contributed by atoms with van der Waals surface area (Å²) in [5.41, 5.74) is 5.59. The zero-order valence-corrected chi connectivity index (χ0v) is 17.4. The van der Waals surface area contributed by atoms with Gasteiger partial charge >= 0.3 is 0 Å². The summed E-state index contributed by atoms with van der Waals surface area (Å²) in [5, 5.41) is 7.33. The van der Waals surface area contributed by atoms with Crippen LogP contribution >= 0.6 is 0 Å². The molecule has 0 radical (unpaired) electrons. The highest BCUT2D eigenvalue weighted by Crippen LogP contribution is 2.17. The number of amides is 1. The van der Waals surface area contributed by atoms with Crippen LogP contribution in [0.4, 0.5) is 5.69 Å². The number of hydrogen-bond donors (Lipinski definition) is 1. The number of carbonyl (C=O) groups excluding carboxylic acids is 1. The van der Waals surface area contributed by atoms with E-state index >= 15 is 0 Å². The third-order valence-corrected chi connectivity index (χ3v) is 5.48. The van der Waals surface area contributed by atoms with Gasteiger partial charge in [0.2, 0.25) is 0 Å². The highest BCUT2D eigenvalue weighted by atomic mass is 16.1. The van der Waals surface area contributed by atoms with E-state index in [4.69, 9.17) is 0 Å². The number of benzene rings is 1. The van der Waals surface area contributed by atoms with Crippen LogP contribution in [0.3, 0.4) is 0 Å². The summed E-state index contributed by atoms with van der Waals surface area (Å²) < 4.78 is 1.71. The molecular weight excluding hydrogens is 364 g/mol. The lowest BCUT2D eigenvalue weighted by Crippen LogP contribution is -2.48. The van der Waals surface area contributed by atoms with Gasteiger partial charge in [0, 0.05) is 56.3 Å². The van der Waals surface area contributed by atoms with Crippen LogP contribution in [0.5, 0.6) is 0 Å². The lowest BCUT2D eigenvalue weighted by atomic mass is 10.2. The molecule has 152 valence electrons. The van der Waals surface area contributed by atoms with E-state index in [9.17, 15) is 4.79 Å². The predicted molar refractivity (Wildman–Crippen MR) is 115 cm³/mol. The maximum atomic E-state index is 12.6. The van der Waals surface area contributed by atoms with Gasteiger partial charge in [-0.1, -0.05) is 12.1 Å². The predicted octanol–water partition coefficient (Wildman–Crippen LogP) is 2.21. The molecule has 3 heterocycles. The quantitative estimate of drug-likeness (QED) is 0.721. The van der Waals surface area contributed by atoms with E-state index in [0.29, 0.717) is 17.8 Å². The molecule has 0 bridgehead atoms. The second kappa shape index (κ2) is 8.21. The summed E-state index contributed by atoms with van der Waals surface area (Å²) in [6.45, 7) is 11.5. The molecule has 0 unspecified atom stereocenters. The summed E-state index contributed by atoms with van der Waals surface area (Å²) in [4.78, 5) is 21.9. The van der Waals surface area contributed by atoms with E-state index in [1.807, 2.05) is 19.9 Å². The number of fused-ring (bicyclic) bond motifs is 1. The Morgan fingerprint density at radius 3 is 2.66 bits per heavy atom. The Hall–Kier alpha value is -2.93. The van der Waals surface area contributed by atoms with Crippen LogP contribution in [0.25, 0.3) is 5.65 Å². The number of anilines is 1. The van der Waals surface area contributed by atoms with Gasteiger partial charge < -0.3 is 10.2 Å². The van der Waals surface area contributed by atoms with E-state index in [-0.39, 0.29) is 5.91 Å². The van der Waals surface area contributed by atoms with Crippen LogP contribution in [0.1, 0.15) is 27.3 Å². The van der Waals surface area contributed by atoms with Gasteiger partial charge in [0.15, 0.2) is 5.65 Å². The summed E-state index contributed by atoms with van der Waals surface area (Å²) in [5.74, 6) is -0.115. The van der Waals surface area contributed by atoms with Crippen LogP contribution in [-0.2, 0) is 0 Å². The van der Waals surface area contributed by atoms with Crippen molar-refractivity contribution in [1.82, 2.24) is 24.8 Å². The molecule has 1 N–H and O–H groups in total. The Morgan fingerprint density at radius 1 is 1.10 bits per heavy atom. The van der Waals surface area contributed by atoms with Crippen molar-refractivity contribution < 1.29 is 4.79 Å². The maximum Gasteiger partial charge on any atom is 0.256 e. The minimum atomic E-state index is -0.115. The van der Waals surface area contributed by atoms with Crippen LogP contribution in [0, 0.1) is 20.8 Å². The van der Waals surface area contributed by atoms with Crippen molar-refractivity contribution in [1.29, 1.82) is 0 Å². The monoisotopic (exact) mass is 392 g/mol. The van der Waals surface area contributed by atoms with Gasteiger partial charge in [0.1, 0.15) is 5.56 Å². The number of nitrogens with one attached hydrogen (secondary N) is 1. The fourth-order valence-electron chi connectivity index (χ4n) is 3.91. The molecule has 1 aliphatic heterocycles. The topological polar surface area (TPSA) is 65.8 Å². The van der Waals surface area contributed by atoms with Crippen molar-refractivity contribution in [2.45, 2.75) is 20.8 Å². The van der Waals surface area contributed by atoms with Gasteiger partial charge in [0.25, 0.3) is 5.91 Å². The standard InChI is InChI=1S/C22H28N6O/c1-16-5-4-6-19(13-16)27-11-9-26(10-12-27)8-7-23-22(29)20-15-24-28-18(3)14-17(2)25-21(20)28/h4-6,13-15H,7-12H2,1-3H3,(H,23,29). The molecule has 3 aromatic rings. The zero-order chi connectivity index (χ0) is 20.4. The molecule has 2 aromatic heterocycles. The Morgan fingerprint density at radius 2 is 1.90 bits per heavy atom. The Bertz CT molecular complexity index is 1020. The van der Waals surface area contributed by atoms with Crippen molar-refractivity contribution in [3.63, 3.8) is 0 Å². The van der Waals surface area contributed by atoms with Gasteiger partial charge in [-0.15, -0.1) is 0 Å². The second-order valence-corrected chi connectivity index (χ2v) is 7.76. The molecule has 7 nitrogen and oxygen atoms in total. The average molecular weight is 393 g/mol. The van der Waals surface area contributed by atoms with Crippen LogP contribution in [0.15, 0.2) is 36.5 Å². The minimum Gasteiger partial charge on any atom is -0.369 e. The second-order valence-electron chi connectivity index (χ2n) is 7.76. The largest absolute Gasteiger partial charge is 0.369 e. The number of nitrogens with zero attached hydrogens (tertiary/aromatic N) is 5. The number of hydrogen-bond acceptors (Lipinski definition) is 5. The fourth-order valence-corrected chi connectivity index (χ4v) is 3.91. The molecule has 1 saturated heterocycles. The molecule has 29 heavy (non-hydrogen) atoms. The first kappa shape index (κ1) is 19.4. The molecule has 0 saturated carbocycles. The first-order valence-corrected chi connectivity index (χ1v) is 10.2. The Kier molecular flexibility index (Phi) is 5.49. The molecule has 0 aliphatic carbocycles. The molecule has 1 amide bonds. The van der Waals surface area contributed by atoms with E-state index in [0.717, 1.165) is 44.1 Å². The van der Waals surface area contributed by atoms with Gasteiger partial charge in [-0.25, -0.2) is 9.50 Å². The average Bonchev–Trinajstić information content (AvgIpc) is 3.13. The van der Waals surface area contributed by atoms with Crippen LogP contribution < -0.4 is 10.2 Å². The molecule has 0 spiro atoms. The van der Waals surface area contributed by atoms with E-state index < -0.39 is 0 Å². The molecule has 0 atom stereocenters. The third-order valence-electron chi connectivity index (χ3n) is 5.48. The molecule has 1 aliphatic rings. The van der Waals surface area contributed by atoms with Crippen molar-refractivity contribution in [2.24, 2.45) is 0 Å². The molecule has 1 aromatic carbocycles. The Labute approximate surface area is 171 Å². The lowest BCUT2D eigenvalue weighted by molar-refractivity contribution is 0.0949. The van der Waals surface area contributed by atoms with Crippen molar-refractivity contribution in [3.05, 3.63) is 59.0 Å². The summed E-state index contributed by atoms with van der Waals surface area (Å²) in [6, 6.07) is 10.6. The van der Waals surface area contributed by atoms with Crippen LogP contribution in [0.2, 0.25) is 0 Å². The number of piperazine rings is 1. The lowest BCUT2D eigenvalue weighted by Gasteiger charge is -2.36. The van der Waals surface area contributed by atoms with Crippen molar-refractivity contribution in [3.8, 4) is 0 Å². The van der Waals surface area contributed by atoms with Gasteiger partial charge in [0.05, 0.1) is 6.20 Å². The smallest absolute Gasteiger partial charge is 0.256 e. The zero-order valence-electron chi connectivity index (χ0n) is 17.4. The molecule has 4 rings (SSSR count). The number of aromatic nitrogens is 3. The maximum absolute atomic E-state index is 12.6. The molecule has 1 fully saturated rings. The van der Waals surface area contributed by atoms with Crippen molar-refractivity contribution >= 4 is 17.2 Å². The highest BCUT2D eigenvalue weighted by molar-refractivity contribution is 5.99. The number of aryl methyl sites for hydroxylation is 3. The first-order chi connectivity index (χ1) is 14.0. The highest BCUT2D eigenvalue weighted by Gasteiger charge is 2.18. The summed E-state index contributed by atoms with van der Waals surface area (Å²) >= 11 is 0. The van der Waals surface area contributed by atoms with Crippen molar-refractivity contribution in [2.75, 3.05) is 44.2 Å². The van der Waals surface area contributed by atoms with E-state index in [1.54, 1.807) is 10.7 Å². The molecular formula is C22H28N6O. The van der Waals surface area contributed by atoms with Crippen LogP contribution in [-0.4, -0.2) is 64.7 Å². The normalized spacial score (nSPS) is 15.1. The minimum absolute atomic E-state index is 0.115. The van der Waals surface area contributed by atoms with Gasteiger partial charge in [-0.05, 0) is 44.5 Å². The Balaban J connectivity index is 1.28. The fraction of sp³-hybridized carbons (Fsp3) is 0.409. The van der Waals surface area contributed by atoms with Gasteiger partial charge in [-0.2, -0.15) is 5.10 Å². The van der Waals surface area contributed by atoms with E-state index in [1.165, 1.54) is 11.3 Å². The molecule has 7 heteroatoms. The first-order valence-electron chi connectivity index (χ1n) is 10.2. The summed E-state index contributed by atoms with van der Waals surface area (Å²) in [6.07, 6.45) is 1.60. The van der Waals surface area contributed by atoms with Gasteiger partial charge in [-0.3, -0.25) is 9.69 Å². The summed E-state index contributed by atoms with van der Waals surface area (Å²) in [7, 11) is 0. The third kappa shape index (κ3) is 4.24. The SMILES string of the molecule is Cc1cccc(N2CCN(CCNC(=O)c3cnn4c(C)cc(C)nc34)CC2)c1.